The maximum Gasteiger partial charge on any atom is 0.240 e. The Hall–Kier alpha value is -1.47. The second-order valence-corrected chi connectivity index (χ2v) is 7.97. The molecule has 2 rings (SSSR count). The summed E-state index contributed by atoms with van der Waals surface area (Å²) in [6, 6.07) is 9.69. The molecule has 26 heavy (non-hydrogen) atoms. The minimum atomic E-state index is -3.68. The summed E-state index contributed by atoms with van der Waals surface area (Å²) in [6.07, 6.45) is 0.449. The monoisotopic (exact) mass is 417 g/mol. The summed E-state index contributed by atoms with van der Waals surface area (Å²) in [7, 11) is -3.68. The first-order valence-corrected chi connectivity index (χ1v) is 10.4. The molecule has 0 bridgehead atoms. The van der Waals surface area contributed by atoms with Crippen LogP contribution in [-0.2, 0) is 16.4 Å². The molecule has 8 heteroatoms. The van der Waals surface area contributed by atoms with Crippen LogP contribution < -0.4 is 14.2 Å². The van der Waals surface area contributed by atoms with Crippen molar-refractivity contribution >= 4 is 33.2 Å². The Labute approximate surface area is 164 Å². The van der Waals surface area contributed by atoms with Crippen molar-refractivity contribution in [2.45, 2.75) is 25.2 Å². The number of nitrogens with one attached hydrogen (secondary N) is 1. The minimum Gasteiger partial charge on any atom is -0.490 e. The maximum atomic E-state index is 12.5. The van der Waals surface area contributed by atoms with E-state index < -0.39 is 10.0 Å². The molecule has 0 atom stereocenters. The van der Waals surface area contributed by atoms with Crippen LogP contribution in [0.3, 0.4) is 0 Å². The largest absolute Gasteiger partial charge is 0.490 e. The van der Waals surface area contributed by atoms with Crippen LogP contribution in [0.25, 0.3) is 0 Å². The Kier molecular flexibility index (Phi) is 7.58. The molecule has 0 aliphatic heterocycles. The molecular formula is C18H21Cl2NO4S. The second kappa shape index (κ2) is 9.46. The molecule has 5 nitrogen and oxygen atoms in total. The van der Waals surface area contributed by atoms with Gasteiger partial charge in [0, 0.05) is 22.7 Å². The first-order valence-electron chi connectivity index (χ1n) is 8.20. The number of benzene rings is 2. The van der Waals surface area contributed by atoms with Crippen LogP contribution >= 0.6 is 23.2 Å². The zero-order valence-electron chi connectivity index (χ0n) is 14.6. The Morgan fingerprint density at radius 2 is 1.65 bits per heavy atom. The van der Waals surface area contributed by atoms with Crippen LogP contribution in [0, 0.1) is 0 Å². The van der Waals surface area contributed by atoms with Crippen molar-refractivity contribution in [1.29, 1.82) is 0 Å². The van der Waals surface area contributed by atoms with Gasteiger partial charge in [0.05, 0.1) is 18.1 Å². The number of sulfonamides is 1. The van der Waals surface area contributed by atoms with Crippen molar-refractivity contribution in [3.8, 4) is 11.5 Å². The number of ether oxygens (including phenoxy) is 2. The zero-order chi connectivity index (χ0) is 19.2. The molecule has 142 valence electrons. The quantitative estimate of drug-likeness (QED) is 0.659. The third kappa shape index (κ3) is 5.51. The number of hydrogen-bond acceptors (Lipinski definition) is 4. The number of rotatable bonds is 9. The van der Waals surface area contributed by atoms with E-state index >= 15 is 0 Å². The molecule has 0 amide bonds. The first-order chi connectivity index (χ1) is 12.4. The molecule has 0 saturated heterocycles. The van der Waals surface area contributed by atoms with E-state index in [-0.39, 0.29) is 11.4 Å². The normalized spacial score (nSPS) is 11.4. The van der Waals surface area contributed by atoms with Crippen LogP contribution in [0.2, 0.25) is 10.0 Å². The van der Waals surface area contributed by atoms with Gasteiger partial charge < -0.3 is 9.47 Å². The van der Waals surface area contributed by atoms with E-state index in [4.69, 9.17) is 32.7 Å². The molecule has 0 aliphatic carbocycles. The summed E-state index contributed by atoms with van der Waals surface area (Å²) in [5.74, 6) is 0.916. The summed E-state index contributed by atoms with van der Waals surface area (Å²) in [5, 5.41) is 1.05. The summed E-state index contributed by atoms with van der Waals surface area (Å²) < 4.78 is 38.6. The van der Waals surface area contributed by atoms with E-state index in [0.717, 1.165) is 5.56 Å². The van der Waals surface area contributed by atoms with E-state index in [1.807, 2.05) is 13.8 Å². The molecule has 0 unspecified atom stereocenters. The van der Waals surface area contributed by atoms with Crippen LogP contribution in [0.4, 0.5) is 0 Å². The predicted octanol–water partition coefficient (Wildman–Crippen LogP) is 4.31. The van der Waals surface area contributed by atoms with E-state index in [0.29, 0.717) is 41.2 Å². The standard InChI is InChI=1S/C18H21Cl2NO4S/c1-3-24-17-8-7-15(12-18(17)25-4-2)26(22,23)21-10-9-13-5-6-14(19)11-16(13)20/h5-8,11-12,21H,3-4,9-10H2,1-2H3. The summed E-state index contributed by atoms with van der Waals surface area (Å²) in [4.78, 5) is 0.117. The van der Waals surface area contributed by atoms with Gasteiger partial charge in [0.1, 0.15) is 0 Å². The van der Waals surface area contributed by atoms with Gasteiger partial charge in [-0.3, -0.25) is 0 Å². The van der Waals surface area contributed by atoms with Crippen molar-refractivity contribution in [3.63, 3.8) is 0 Å². The molecule has 0 heterocycles. The van der Waals surface area contributed by atoms with Crippen molar-refractivity contribution in [2.24, 2.45) is 0 Å². The molecule has 0 spiro atoms. The SMILES string of the molecule is CCOc1ccc(S(=O)(=O)NCCc2ccc(Cl)cc2Cl)cc1OCC. The topological polar surface area (TPSA) is 64.6 Å². The van der Waals surface area contributed by atoms with E-state index in [1.54, 1.807) is 24.3 Å². The fourth-order valence-corrected chi connectivity index (χ4v) is 3.88. The van der Waals surface area contributed by atoms with Gasteiger partial charge in [0.25, 0.3) is 0 Å². The highest BCUT2D eigenvalue weighted by atomic mass is 35.5. The fourth-order valence-electron chi connectivity index (χ4n) is 2.33. The number of halogens is 2. The third-order valence-electron chi connectivity index (χ3n) is 3.53. The van der Waals surface area contributed by atoms with Gasteiger partial charge >= 0.3 is 0 Å². The lowest BCUT2D eigenvalue weighted by Crippen LogP contribution is -2.26. The molecule has 1 N–H and O–H groups in total. The van der Waals surface area contributed by atoms with Gasteiger partial charge in [0.2, 0.25) is 10.0 Å². The second-order valence-electron chi connectivity index (χ2n) is 5.36. The van der Waals surface area contributed by atoms with Crippen molar-refractivity contribution in [3.05, 3.63) is 52.0 Å². The van der Waals surface area contributed by atoms with Crippen molar-refractivity contribution < 1.29 is 17.9 Å². The summed E-state index contributed by atoms with van der Waals surface area (Å²) in [5.41, 5.74) is 0.820. The molecule has 2 aromatic rings. The van der Waals surface area contributed by atoms with Gasteiger partial charge in [-0.05, 0) is 50.1 Å². The smallest absolute Gasteiger partial charge is 0.240 e. The van der Waals surface area contributed by atoms with Crippen molar-refractivity contribution in [2.75, 3.05) is 19.8 Å². The Bertz CT molecular complexity index is 856. The lowest BCUT2D eigenvalue weighted by Gasteiger charge is -2.13. The predicted molar refractivity (Wildman–Crippen MR) is 104 cm³/mol. The molecular weight excluding hydrogens is 397 g/mol. The maximum absolute atomic E-state index is 12.5. The van der Waals surface area contributed by atoms with Crippen LogP contribution in [0.5, 0.6) is 11.5 Å². The molecule has 0 radical (unpaired) electrons. The Morgan fingerprint density at radius 1 is 0.962 bits per heavy atom. The lowest BCUT2D eigenvalue weighted by atomic mass is 10.1. The van der Waals surface area contributed by atoms with Gasteiger partial charge in [-0.2, -0.15) is 0 Å². The Morgan fingerprint density at radius 3 is 2.31 bits per heavy atom. The fraction of sp³-hybridized carbons (Fsp3) is 0.333. The average Bonchev–Trinajstić information content (AvgIpc) is 2.58. The highest BCUT2D eigenvalue weighted by molar-refractivity contribution is 7.89. The summed E-state index contributed by atoms with van der Waals surface area (Å²) >= 11 is 12.0. The third-order valence-corrected chi connectivity index (χ3v) is 5.57. The molecule has 0 aromatic heterocycles. The lowest BCUT2D eigenvalue weighted by molar-refractivity contribution is 0.287. The summed E-state index contributed by atoms with van der Waals surface area (Å²) in [6.45, 7) is 4.76. The molecule has 0 saturated carbocycles. The molecule has 2 aromatic carbocycles. The highest BCUT2D eigenvalue weighted by Crippen LogP contribution is 2.30. The van der Waals surface area contributed by atoms with Gasteiger partial charge in [-0.1, -0.05) is 29.3 Å². The van der Waals surface area contributed by atoms with Gasteiger partial charge in [0.15, 0.2) is 11.5 Å². The first kappa shape index (κ1) is 20.8. The van der Waals surface area contributed by atoms with Crippen LogP contribution in [0.15, 0.2) is 41.3 Å². The minimum absolute atomic E-state index is 0.117. The number of hydrogen-bond donors (Lipinski definition) is 1. The van der Waals surface area contributed by atoms with E-state index in [9.17, 15) is 8.42 Å². The average molecular weight is 418 g/mol. The Balaban J connectivity index is 2.10. The van der Waals surface area contributed by atoms with E-state index in [2.05, 4.69) is 4.72 Å². The molecule has 0 aliphatic rings. The van der Waals surface area contributed by atoms with Crippen LogP contribution in [-0.4, -0.2) is 28.2 Å². The van der Waals surface area contributed by atoms with Crippen molar-refractivity contribution in [1.82, 2.24) is 4.72 Å². The van der Waals surface area contributed by atoms with Crippen LogP contribution in [0.1, 0.15) is 19.4 Å². The molecule has 0 fully saturated rings. The van der Waals surface area contributed by atoms with Gasteiger partial charge in [-0.15, -0.1) is 0 Å². The van der Waals surface area contributed by atoms with Gasteiger partial charge in [-0.25, -0.2) is 13.1 Å². The van der Waals surface area contributed by atoms with E-state index in [1.165, 1.54) is 12.1 Å². The zero-order valence-corrected chi connectivity index (χ0v) is 16.9. The highest BCUT2D eigenvalue weighted by Gasteiger charge is 2.17.